The molecule has 5 heteroatoms. The van der Waals surface area contributed by atoms with Gasteiger partial charge < -0.3 is 9.80 Å². The summed E-state index contributed by atoms with van der Waals surface area (Å²) in [7, 11) is 0. The second kappa shape index (κ2) is 7.25. The van der Waals surface area contributed by atoms with E-state index < -0.39 is 0 Å². The van der Waals surface area contributed by atoms with Gasteiger partial charge in [-0.3, -0.25) is 9.59 Å². The molecule has 28 heavy (non-hydrogen) atoms. The predicted molar refractivity (Wildman–Crippen MR) is 111 cm³/mol. The summed E-state index contributed by atoms with van der Waals surface area (Å²) in [6.07, 6.45) is 1.83. The number of piperazine rings is 1. The molecule has 1 aliphatic carbocycles. The normalized spacial score (nSPS) is 18.1. The molecule has 146 valence electrons. The van der Waals surface area contributed by atoms with Crippen LogP contribution < -0.4 is 0 Å². The summed E-state index contributed by atoms with van der Waals surface area (Å²) in [5.41, 5.74) is 3.79. The van der Waals surface area contributed by atoms with E-state index in [0.717, 1.165) is 18.4 Å². The fourth-order valence-electron chi connectivity index (χ4n) is 4.22. The molecule has 0 N–H and O–H groups in total. The Morgan fingerprint density at radius 1 is 0.893 bits per heavy atom. The lowest BCUT2D eigenvalue weighted by Gasteiger charge is -2.37. The molecule has 4 nitrogen and oxygen atoms in total. The van der Waals surface area contributed by atoms with Gasteiger partial charge >= 0.3 is 0 Å². The maximum Gasteiger partial charge on any atom is 0.254 e. The monoisotopic (exact) mass is 396 g/mol. The Hall–Kier alpha value is -2.33. The third-order valence-electron chi connectivity index (χ3n) is 5.86. The summed E-state index contributed by atoms with van der Waals surface area (Å²) < 4.78 is 0. The Kier molecular flexibility index (Phi) is 4.92. The van der Waals surface area contributed by atoms with Crippen LogP contribution in [-0.2, 0) is 10.2 Å². The first-order valence-electron chi connectivity index (χ1n) is 9.82. The zero-order valence-corrected chi connectivity index (χ0v) is 17.1. The number of carbonyl (C=O) groups is 2. The summed E-state index contributed by atoms with van der Waals surface area (Å²) in [6, 6.07) is 13.5. The molecule has 1 heterocycles. The third kappa shape index (κ3) is 3.53. The van der Waals surface area contributed by atoms with Crippen molar-refractivity contribution in [2.24, 2.45) is 0 Å². The minimum absolute atomic E-state index is 0.0231. The molecule has 2 fully saturated rings. The lowest BCUT2D eigenvalue weighted by Crippen LogP contribution is -2.53. The maximum atomic E-state index is 13.3. The lowest BCUT2D eigenvalue weighted by atomic mass is 9.91. The van der Waals surface area contributed by atoms with Crippen LogP contribution in [0.25, 0.3) is 0 Å². The summed E-state index contributed by atoms with van der Waals surface area (Å²) in [5, 5.41) is 0.559. The number of benzene rings is 2. The van der Waals surface area contributed by atoms with E-state index in [1.54, 1.807) is 24.3 Å². The van der Waals surface area contributed by atoms with Gasteiger partial charge in [0.25, 0.3) is 5.91 Å². The zero-order valence-electron chi connectivity index (χ0n) is 16.4. The summed E-state index contributed by atoms with van der Waals surface area (Å²) in [6.45, 7) is 6.43. The van der Waals surface area contributed by atoms with Gasteiger partial charge in [0, 0.05) is 36.8 Å². The smallest absolute Gasteiger partial charge is 0.254 e. The van der Waals surface area contributed by atoms with Crippen LogP contribution in [0, 0.1) is 13.8 Å². The Morgan fingerprint density at radius 2 is 1.50 bits per heavy atom. The lowest BCUT2D eigenvalue weighted by molar-refractivity contribution is -0.135. The largest absolute Gasteiger partial charge is 0.338 e. The van der Waals surface area contributed by atoms with Gasteiger partial charge in [0.05, 0.1) is 5.41 Å². The van der Waals surface area contributed by atoms with Gasteiger partial charge in [-0.1, -0.05) is 47.0 Å². The Balaban J connectivity index is 1.44. The van der Waals surface area contributed by atoms with Crippen molar-refractivity contribution in [3.05, 3.63) is 69.7 Å². The third-order valence-corrected chi connectivity index (χ3v) is 6.09. The zero-order chi connectivity index (χ0) is 19.9. The van der Waals surface area contributed by atoms with Crippen molar-refractivity contribution in [2.45, 2.75) is 32.1 Å². The van der Waals surface area contributed by atoms with E-state index in [1.165, 1.54) is 11.1 Å². The van der Waals surface area contributed by atoms with Gasteiger partial charge in [0.1, 0.15) is 0 Å². The molecule has 4 rings (SSSR count). The van der Waals surface area contributed by atoms with Crippen LogP contribution in [0.15, 0.2) is 42.5 Å². The van der Waals surface area contributed by atoms with E-state index in [2.05, 4.69) is 32.0 Å². The minimum atomic E-state index is -0.351. The van der Waals surface area contributed by atoms with Gasteiger partial charge in [0.2, 0.25) is 5.91 Å². The average Bonchev–Trinajstić information content (AvgIpc) is 3.48. The molecular formula is C23H25ClN2O2. The van der Waals surface area contributed by atoms with Gasteiger partial charge in [-0.05, 0) is 50.5 Å². The van der Waals surface area contributed by atoms with E-state index in [1.807, 2.05) is 9.80 Å². The summed E-state index contributed by atoms with van der Waals surface area (Å²) in [5.74, 6) is 0.192. The van der Waals surface area contributed by atoms with Crippen LogP contribution in [0.2, 0.25) is 5.02 Å². The Labute approximate surface area is 171 Å². The van der Waals surface area contributed by atoms with Crippen LogP contribution >= 0.6 is 11.6 Å². The van der Waals surface area contributed by atoms with Crippen LogP contribution in [0.3, 0.4) is 0 Å². The van der Waals surface area contributed by atoms with Crippen LogP contribution in [-0.4, -0.2) is 47.8 Å². The fraction of sp³-hybridized carbons (Fsp3) is 0.391. The molecule has 1 saturated carbocycles. The number of rotatable bonds is 3. The van der Waals surface area contributed by atoms with E-state index in [9.17, 15) is 9.59 Å². The summed E-state index contributed by atoms with van der Waals surface area (Å²) >= 11 is 6.01. The first-order valence-corrected chi connectivity index (χ1v) is 10.2. The molecule has 1 saturated heterocycles. The van der Waals surface area contributed by atoms with Crippen molar-refractivity contribution in [1.29, 1.82) is 0 Å². The number of hydrogen-bond donors (Lipinski definition) is 0. The molecule has 2 aliphatic rings. The minimum Gasteiger partial charge on any atom is -0.338 e. The van der Waals surface area contributed by atoms with Crippen LogP contribution in [0.5, 0.6) is 0 Å². The number of aryl methyl sites for hydroxylation is 2. The van der Waals surface area contributed by atoms with Gasteiger partial charge in [0.15, 0.2) is 0 Å². The van der Waals surface area contributed by atoms with Gasteiger partial charge in [-0.15, -0.1) is 0 Å². The number of amides is 2. The molecule has 0 aromatic heterocycles. The van der Waals surface area contributed by atoms with Crippen molar-refractivity contribution in [3.8, 4) is 0 Å². The Morgan fingerprint density at radius 3 is 2.07 bits per heavy atom. The topological polar surface area (TPSA) is 40.6 Å². The number of halogens is 1. The van der Waals surface area contributed by atoms with Crippen molar-refractivity contribution in [1.82, 2.24) is 9.80 Å². The molecule has 1 aliphatic heterocycles. The van der Waals surface area contributed by atoms with Crippen molar-refractivity contribution >= 4 is 23.4 Å². The highest BCUT2D eigenvalue weighted by Crippen LogP contribution is 2.50. The number of nitrogens with zero attached hydrogens (tertiary/aromatic N) is 2. The summed E-state index contributed by atoms with van der Waals surface area (Å²) in [4.78, 5) is 29.7. The molecular weight excluding hydrogens is 372 g/mol. The predicted octanol–water partition coefficient (Wildman–Crippen LogP) is 3.97. The highest BCUT2D eigenvalue weighted by atomic mass is 35.5. The van der Waals surface area contributed by atoms with Crippen LogP contribution in [0.1, 0.15) is 39.9 Å². The molecule has 0 atom stereocenters. The quantitative estimate of drug-likeness (QED) is 0.787. The van der Waals surface area contributed by atoms with E-state index in [-0.39, 0.29) is 17.2 Å². The molecule has 0 spiro atoms. The molecule has 0 unspecified atom stereocenters. The Bertz CT molecular complexity index is 908. The molecule has 0 radical (unpaired) electrons. The highest BCUT2D eigenvalue weighted by Gasteiger charge is 2.53. The first-order chi connectivity index (χ1) is 13.4. The SMILES string of the molecule is Cc1cc(C)cc(C2(C(=O)N3CCN(C(=O)c4cccc(Cl)c4)CC3)CC2)c1. The van der Waals surface area contributed by atoms with E-state index in [0.29, 0.717) is 36.8 Å². The van der Waals surface area contributed by atoms with Gasteiger partial charge in [-0.25, -0.2) is 0 Å². The molecule has 2 aromatic carbocycles. The average molecular weight is 397 g/mol. The van der Waals surface area contributed by atoms with Crippen molar-refractivity contribution in [3.63, 3.8) is 0 Å². The van der Waals surface area contributed by atoms with Crippen LogP contribution in [0.4, 0.5) is 0 Å². The fourth-order valence-corrected chi connectivity index (χ4v) is 4.41. The van der Waals surface area contributed by atoms with Crippen molar-refractivity contribution in [2.75, 3.05) is 26.2 Å². The second-order valence-corrected chi connectivity index (χ2v) is 8.49. The molecule has 2 amide bonds. The second-order valence-electron chi connectivity index (χ2n) is 8.05. The number of hydrogen-bond acceptors (Lipinski definition) is 2. The van der Waals surface area contributed by atoms with E-state index in [4.69, 9.17) is 11.6 Å². The number of carbonyl (C=O) groups excluding carboxylic acids is 2. The maximum absolute atomic E-state index is 13.3. The first kappa shape index (κ1) is 19.0. The molecule has 2 aromatic rings. The van der Waals surface area contributed by atoms with E-state index >= 15 is 0 Å². The van der Waals surface area contributed by atoms with Crippen molar-refractivity contribution < 1.29 is 9.59 Å². The highest BCUT2D eigenvalue weighted by molar-refractivity contribution is 6.30. The van der Waals surface area contributed by atoms with Gasteiger partial charge in [-0.2, -0.15) is 0 Å². The standard InChI is InChI=1S/C23H25ClN2O2/c1-16-12-17(2)14-19(13-16)23(6-7-23)22(28)26-10-8-25(9-11-26)21(27)18-4-3-5-20(24)15-18/h3-5,12-15H,6-11H2,1-2H3. The molecule has 0 bridgehead atoms.